The number of rotatable bonds is 12. The van der Waals surface area contributed by atoms with Gasteiger partial charge in [-0.25, -0.2) is 0 Å². The van der Waals surface area contributed by atoms with Crippen LogP contribution in [0.1, 0.15) is 61.4 Å². The minimum Gasteiger partial charge on any atom is -0.493 e. The van der Waals surface area contributed by atoms with Crippen LogP contribution in [-0.2, 0) is 11.3 Å². The molecular weight excluding hydrogens is 532 g/mol. The van der Waals surface area contributed by atoms with Gasteiger partial charge in [0.15, 0.2) is 11.5 Å². The predicted molar refractivity (Wildman–Crippen MR) is 168 cm³/mol. The topological polar surface area (TPSA) is 125 Å². The van der Waals surface area contributed by atoms with Crippen LogP contribution in [-0.4, -0.2) is 30.6 Å². The molecule has 0 unspecified atom stereocenters. The molecule has 0 aliphatic heterocycles. The van der Waals surface area contributed by atoms with E-state index in [4.69, 9.17) is 15.2 Å². The Morgan fingerprint density at radius 3 is 2.26 bits per heavy atom. The lowest BCUT2D eigenvalue weighted by Crippen LogP contribution is -2.24. The second-order valence-corrected chi connectivity index (χ2v) is 10.5. The van der Waals surface area contributed by atoms with Gasteiger partial charge in [0.05, 0.1) is 36.5 Å². The average Bonchev–Trinajstić information content (AvgIpc) is 2.98. The van der Waals surface area contributed by atoms with E-state index >= 15 is 0 Å². The van der Waals surface area contributed by atoms with Gasteiger partial charge in [-0.2, -0.15) is 0 Å². The minimum atomic E-state index is -0.486. The van der Waals surface area contributed by atoms with Gasteiger partial charge in [-0.05, 0) is 54.7 Å². The Bertz CT molecular complexity index is 1630. The van der Waals surface area contributed by atoms with Gasteiger partial charge in [0, 0.05) is 30.9 Å². The molecule has 0 spiro atoms. The molecule has 2 amide bonds. The largest absolute Gasteiger partial charge is 0.493 e. The molecule has 0 atom stereocenters. The molecule has 4 rings (SSSR count). The molecule has 0 bridgehead atoms. The van der Waals surface area contributed by atoms with Crippen LogP contribution in [0.4, 0.5) is 17.1 Å². The summed E-state index contributed by atoms with van der Waals surface area (Å²) in [4.78, 5) is 39.2. The number of para-hydroxylation sites is 2. The molecule has 0 saturated heterocycles. The maximum Gasteiger partial charge on any atom is 0.261 e. The molecule has 9 heteroatoms. The van der Waals surface area contributed by atoms with Crippen LogP contribution in [0.5, 0.6) is 11.5 Å². The van der Waals surface area contributed by atoms with Crippen LogP contribution in [0, 0.1) is 0 Å². The van der Waals surface area contributed by atoms with Crippen molar-refractivity contribution in [1.29, 1.82) is 0 Å². The lowest BCUT2D eigenvalue weighted by Gasteiger charge is -2.16. The van der Waals surface area contributed by atoms with E-state index in [0.29, 0.717) is 64.8 Å². The Morgan fingerprint density at radius 1 is 0.905 bits per heavy atom. The summed E-state index contributed by atoms with van der Waals surface area (Å²) >= 11 is 0. The number of pyridine rings is 1. The third-order valence-electron chi connectivity index (χ3n) is 7.20. The number of methoxy groups -OCH3 is 2. The van der Waals surface area contributed by atoms with E-state index < -0.39 is 11.3 Å². The molecule has 3 aromatic carbocycles. The number of fused-ring (bicyclic) bond motifs is 1. The lowest BCUT2D eigenvalue weighted by molar-refractivity contribution is -0.116. The number of nitrogens with one attached hydrogen (secondary N) is 2. The van der Waals surface area contributed by atoms with Gasteiger partial charge in [0.25, 0.3) is 5.91 Å². The van der Waals surface area contributed by atoms with Gasteiger partial charge in [0.1, 0.15) is 5.56 Å². The Morgan fingerprint density at radius 2 is 1.60 bits per heavy atom. The second-order valence-electron chi connectivity index (χ2n) is 10.5. The fourth-order valence-electron chi connectivity index (χ4n) is 4.78. The summed E-state index contributed by atoms with van der Waals surface area (Å²) in [6.07, 6.45) is 4.12. The van der Waals surface area contributed by atoms with Gasteiger partial charge in [-0.3, -0.25) is 14.4 Å². The molecule has 4 N–H and O–H groups in total. The smallest absolute Gasteiger partial charge is 0.261 e. The number of aryl methyl sites for hydroxylation is 1. The van der Waals surface area contributed by atoms with Crippen molar-refractivity contribution in [1.82, 2.24) is 4.57 Å². The van der Waals surface area contributed by atoms with Crippen molar-refractivity contribution in [2.45, 2.75) is 52.0 Å². The van der Waals surface area contributed by atoms with E-state index in [9.17, 15) is 14.4 Å². The van der Waals surface area contributed by atoms with E-state index in [0.717, 1.165) is 18.4 Å². The van der Waals surface area contributed by atoms with Gasteiger partial charge in [0.2, 0.25) is 11.3 Å². The van der Waals surface area contributed by atoms with Gasteiger partial charge < -0.3 is 30.4 Å². The highest BCUT2D eigenvalue weighted by molar-refractivity contribution is 6.06. The summed E-state index contributed by atoms with van der Waals surface area (Å²) in [5.74, 6) is 0.669. The standard InChI is InChI=1S/C33H38N4O5/c1-21(2)22-13-15-23(16-14-22)35-33(40)25-20-37(28-19-30(42-4)29(41-3)18-24(28)32(25)39)17-9-5-6-12-31(38)36-27-11-8-7-10-26(27)34/h7-8,10-11,13-16,18-21H,5-6,9,12,17,34H2,1-4H3,(H,35,40)(H,36,38). The highest BCUT2D eigenvalue weighted by atomic mass is 16.5. The number of nitrogens with two attached hydrogens (primary N) is 1. The SMILES string of the molecule is COc1cc2c(=O)c(C(=O)Nc3ccc(C(C)C)cc3)cn(CCCCCC(=O)Nc3ccccc3N)c2cc1OC. The minimum absolute atomic E-state index is 0.0301. The van der Waals surface area contributed by atoms with Crippen molar-refractivity contribution in [3.8, 4) is 11.5 Å². The molecule has 0 saturated carbocycles. The Kier molecular flexibility index (Phi) is 9.85. The summed E-state index contributed by atoms with van der Waals surface area (Å²) in [7, 11) is 3.04. The van der Waals surface area contributed by atoms with Crippen LogP contribution in [0.3, 0.4) is 0 Å². The number of benzene rings is 3. The van der Waals surface area contributed by atoms with E-state index in [2.05, 4.69) is 24.5 Å². The molecule has 9 nitrogen and oxygen atoms in total. The second kappa shape index (κ2) is 13.7. The zero-order chi connectivity index (χ0) is 30.2. The van der Waals surface area contributed by atoms with Gasteiger partial charge in [-0.1, -0.05) is 44.5 Å². The molecule has 1 aromatic heterocycles. The zero-order valence-electron chi connectivity index (χ0n) is 24.5. The van der Waals surface area contributed by atoms with Crippen LogP contribution in [0.2, 0.25) is 0 Å². The van der Waals surface area contributed by atoms with Crippen molar-refractivity contribution in [2.24, 2.45) is 0 Å². The third kappa shape index (κ3) is 7.09. The van der Waals surface area contributed by atoms with Gasteiger partial charge >= 0.3 is 0 Å². The molecule has 4 aromatic rings. The summed E-state index contributed by atoms with van der Waals surface area (Å²) in [6, 6.07) is 18.1. The van der Waals surface area contributed by atoms with Crippen LogP contribution < -0.4 is 31.3 Å². The highest BCUT2D eigenvalue weighted by Gasteiger charge is 2.19. The van der Waals surface area contributed by atoms with Crippen molar-refractivity contribution < 1.29 is 19.1 Å². The summed E-state index contributed by atoms with van der Waals surface area (Å²) in [5.41, 5.74) is 9.08. The Hall–Kier alpha value is -4.79. The number of amides is 2. The van der Waals surface area contributed by atoms with Crippen LogP contribution >= 0.6 is 0 Å². The number of carbonyl (C=O) groups is 2. The zero-order valence-corrected chi connectivity index (χ0v) is 24.5. The quantitative estimate of drug-likeness (QED) is 0.138. The Labute approximate surface area is 245 Å². The summed E-state index contributed by atoms with van der Waals surface area (Å²) in [6.45, 7) is 4.73. The number of nitrogens with zero attached hydrogens (tertiary/aromatic N) is 1. The van der Waals surface area contributed by atoms with Crippen LogP contribution in [0.15, 0.2) is 71.7 Å². The van der Waals surface area contributed by atoms with Crippen molar-refractivity contribution in [2.75, 3.05) is 30.6 Å². The number of aromatic nitrogens is 1. The number of unbranched alkanes of at least 4 members (excludes halogenated alkanes) is 2. The first-order valence-corrected chi connectivity index (χ1v) is 14.1. The number of hydrogen-bond acceptors (Lipinski definition) is 6. The van der Waals surface area contributed by atoms with E-state index in [1.807, 2.05) is 41.0 Å². The summed E-state index contributed by atoms with van der Waals surface area (Å²) < 4.78 is 12.8. The maximum absolute atomic E-state index is 13.5. The fraction of sp³-hybridized carbons (Fsp3) is 0.303. The predicted octanol–water partition coefficient (Wildman–Crippen LogP) is 6.18. The highest BCUT2D eigenvalue weighted by Crippen LogP contribution is 2.31. The Balaban J connectivity index is 1.52. The third-order valence-corrected chi connectivity index (χ3v) is 7.20. The first kappa shape index (κ1) is 30.2. The molecule has 42 heavy (non-hydrogen) atoms. The molecule has 1 heterocycles. The molecule has 0 aliphatic rings. The van der Waals surface area contributed by atoms with Crippen LogP contribution in [0.25, 0.3) is 10.9 Å². The summed E-state index contributed by atoms with van der Waals surface area (Å²) in [5, 5.41) is 6.06. The van der Waals surface area contributed by atoms with Crippen molar-refractivity contribution >= 4 is 39.8 Å². The molecule has 0 fully saturated rings. The first-order chi connectivity index (χ1) is 20.2. The molecule has 0 aliphatic carbocycles. The van der Waals surface area contributed by atoms with E-state index in [1.165, 1.54) is 14.2 Å². The first-order valence-electron chi connectivity index (χ1n) is 14.1. The molecular formula is C33H38N4O5. The van der Waals surface area contributed by atoms with Gasteiger partial charge in [-0.15, -0.1) is 0 Å². The molecule has 0 radical (unpaired) electrons. The number of hydrogen-bond donors (Lipinski definition) is 3. The van der Waals surface area contributed by atoms with E-state index in [-0.39, 0.29) is 11.5 Å². The molecule has 220 valence electrons. The van der Waals surface area contributed by atoms with Crippen molar-refractivity contribution in [3.05, 3.63) is 88.2 Å². The maximum atomic E-state index is 13.5. The number of carbonyl (C=O) groups excluding carboxylic acids is 2. The fourth-order valence-corrected chi connectivity index (χ4v) is 4.78. The number of ether oxygens (including phenoxy) is 2. The van der Waals surface area contributed by atoms with E-state index in [1.54, 1.807) is 30.5 Å². The normalized spacial score (nSPS) is 11.0. The average molecular weight is 571 g/mol. The lowest BCUT2D eigenvalue weighted by atomic mass is 10.0. The number of nitrogen functional groups attached to an aromatic ring is 1. The number of anilines is 3. The van der Waals surface area contributed by atoms with Crippen molar-refractivity contribution in [3.63, 3.8) is 0 Å². The monoisotopic (exact) mass is 570 g/mol.